The maximum atomic E-state index is 12.2. The predicted molar refractivity (Wildman–Crippen MR) is 89.6 cm³/mol. The van der Waals surface area contributed by atoms with Crippen molar-refractivity contribution in [2.45, 2.75) is 6.42 Å². The maximum absolute atomic E-state index is 12.2. The summed E-state index contributed by atoms with van der Waals surface area (Å²) in [6, 6.07) is 6.07. The van der Waals surface area contributed by atoms with Crippen LogP contribution in [0.15, 0.2) is 31.2 Å². The normalized spacial score (nSPS) is 11.2. The van der Waals surface area contributed by atoms with Gasteiger partial charge in [0.2, 0.25) is 0 Å². The minimum Gasteiger partial charge on any atom is -0.299 e. The Kier molecular flexibility index (Phi) is 5.77. The molecule has 0 aliphatic carbocycles. The van der Waals surface area contributed by atoms with Crippen molar-refractivity contribution in [2.75, 3.05) is 20.1 Å². The Hall–Kier alpha value is -0.0100. The lowest BCUT2D eigenvalue weighted by Gasteiger charge is -2.14. The summed E-state index contributed by atoms with van der Waals surface area (Å²) in [5.41, 5.74) is 0.764. The molecule has 0 aromatic carbocycles. The van der Waals surface area contributed by atoms with Gasteiger partial charge in [-0.2, -0.15) is 0 Å². The van der Waals surface area contributed by atoms with Gasteiger partial charge in [-0.25, -0.2) is 0 Å². The van der Waals surface area contributed by atoms with Crippen LogP contribution in [0.3, 0.4) is 0 Å². The number of nitrogens with zero attached hydrogens (tertiary/aromatic N) is 1. The van der Waals surface area contributed by atoms with Gasteiger partial charge in [0.05, 0.1) is 14.1 Å². The second-order valence-electron chi connectivity index (χ2n) is 4.23. The fourth-order valence-corrected chi connectivity index (χ4v) is 5.25. The topological polar surface area (TPSA) is 20.3 Å². The lowest BCUT2D eigenvalue weighted by molar-refractivity contribution is 0.0946. The molecule has 102 valence electrons. The predicted octanol–water partition coefficient (Wildman–Crippen LogP) is 4.69. The van der Waals surface area contributed by atoms with Gasteiger partial charge in [-0.05, 0) is 62.8 Å². The summed E-state index contributed by atoms with van der Waals surface area (Å²) in [5.74, 6) is 0.155. The molecule has 0 fully saturated rings. The SMILES string of the molecule is CN(CCc1cccs1)CC(=O)c1cc(Br)sc1Br. The van der Waals surface area contributed by atoms with Crippen molar-refractivity contribution >= 4 is 60.3 Å². The molecule has 2 aromatic heterocycles. The smallest absolute Gasteiger partial charge is 0.178 e. The third-order valence-corrected chi connectivity index (χ3v) is 5.97. The molecule has 0 bridgehead atoms. The number of hydrogen-bond acceptors (Lipinski definition) is 4. The van der Waals surface area contributed by atoms with Crippen LogP contribution in [0.1, 0.15) is 15.2 Å². The number of ketones is 1. The van der Waals surface area contributed by atoms with Gasteiger partial charge in [-0.3, -0.25) is 9.69 Å². The van der Waals surface area contributed by atoms with Crippen LogP contribution >= 0.6 is 54.5 Å². The molecular formula is C13H13Br2NOS2. The summed E-state index contributed by atoms with van der Waals surface area (Å²) in [6.45, 7) is 1.35. The molecule has 6 heteroatoms. The molecule has 0 amide bonds. The number of Topliss-reactive ketones (excluding diaryl/α,β-unsaturated/α-hetero) is 1. The third kappa shape index (κ3) is 4.49. The molecule has 0 spiro atoms. The molecular weight excluding hydrogens is 410 g/mol. The van der Waals surface area contributed by atoms with Crippen LogP contribution in [0, 0.1) is 0 Å². The Morgan fingerprint density at radius 3 is 2.79 bits per heavy atom. The number of carbonyl (C=O) groups excluding carboxylic acids is 1. The van der Waals surface area contributed by atoms with Gasteiger partial charge in [0.25, 0.3) is 0 Å². The summed E-state index contributed by atoms with van der Waals surface area (Å²) >= 11 is 10.1. The van der Waals surface area contributed by atoms with Crippen molar-refractivity contribution < 1.29 is 4.79 Å². The monoisotopic (exact) mass is 421 g/mol. The fraction of sp³-hybridized carbons (Fsp3) is 0.308. The van der Waals surface area contributed by atoms with Crippen molar-refractivity contribution in [3.8, 4) is 0 Å². The molecule has 2 rings (SSSR count). The summed E-state index contributed by atoms with van der Waals surface area (Å²) in [4.78, 5) is 15.6. The number of halogens is 2. The second-order valence-corrected chi connectivity index (χ2v) is 9.01. The van der Waals surface area contributed by atoms with Crippen molar-refractivity contribution in [1.29, 1.82) is 0 Å². The molecule has 2 aromatic rings. The van der Waals surface area contributed by atoms with Crippen LogP contribution in [0.2, 0.25) is 0 Å². The first-order valence-corrected chi connectivity index (χ1v) is 9.03. The highest BCUT2D eigenvalue weighted by atomic mass is 79.9. The van der Waals surface area contributed by atoms with Gasteiger partial charge < -0.3 is 0 Å². The van der Waals surface area contributed by atoms with Gasteiger partial charge >= 0.3 is 0 Å². The van der Waals surface area contributed by atoms with Crippen LogP contribution in [0.4, 0.5) is 0 Å². The van der Waals surface area contributed by atoms with Gasteiger partial charge in [0, 0.05) is 17.0 Å². The molecule has 2 nitrogen and oxygen atoms in total. The van der Waals surface area contributed by atoms with E-state index in [0.29, 0.717) is 6.54 Å². The highest BCUT2D eigenvalue weighted by Crippen LogP contribution is 2.32. The fourth-order valence-electron chi connectivity index (χ4n) is 1.70. The first-order chi connectivity index (χ1) is 9.06. The zero-order chi connectivity index (χ0) is 13.8. The number of rotatable bonds is 6. The quantitative estimate of drug-likeness (QED) is 0.629. The van der Waals surface area contributed by atoms with E-state index in [2.05, 4.69) is 54.3 Å². The summed E-state index contributed by atoms with van der Waals surface area (Å²) < 4.78 is 1.87. The Balaban J connectivity index is 1.86. The number of hydrogen-bond donors (Lipinski definition) is 0. The van der Waals surface area contributed by atoms with Gasteiger partial charge in [-0.1, -0.05) is 6.07 Å². The van der Waals surface area contributed by atoms with E-state index >= 15 is 0 Å². The first kappa shape index (κ1) is 15.4. The largest absolute Gasteiger partial charge is 0.299 e. The zero-order valence-corrected chi connectivity index (χ0v) is 15.2. The average molecular weight is 423 g/mol. The van der Waals surface area contributed by atoms with Crippen molar-refractivity contribution in [2.24, 2.45) is 0 Å². The van der Waals surface area contributed by atoms with Crippen LogP contribution in [-0.4, -0.2) is 30.8 Å². The lowest BCUT2D eigenvalue weighted by atomic mass is 10.2. The molecule has 0 N–H and O–H groups in total. The van der Waals surface area contributed by atoms with Crippen LogP contribution < -0.4 is 0 Å². The van der Waals surface area contributed by atoms with E-state index in [1.165, 1.54) is 16.2 Å². The molecule has 0 saturated heterocycles. The van der Waals surface area contributed by atoms with E-state index in [4.69, 9.17) is 0 Å². The Morgan fingerprint density at radius 2 is 2.21 bits per heavy atom. The Labute approximate surface area is 137 Å². The zero-order valence-electron chi connectivity index (χ0n) is 10.4. The molecule has 0 radical (unpaired) electrons. The van der Waals surface area contributed by atoms with E-state index in [1.807, 2.05) is 13.1 Å². The molecule has 0 aliphatic rings. The van der Waals surface area contributed by atoms with E-state index in [9.17, 15) is 4.79 Å². The van der Waals surface area contributed by atoms with E-state index in [0.717, 1.165) is 26.1 Å². The lowest BCUT2D eigenvalue weighted by Crippen LogP contribution is -2.27. The minimum atomic E-state index is 0.155. The van der Waals surface area contributed by atoms with Crippen molar-refractivity contribution in [1.82, 2.24) is 4.90 Å². The number of carbonyl (C=O) groups is 1. The van der Waals surface area contributed by atoms with Gasteiger partial charge in [-0.15, -0.1) is 22.7 Å². The Morgan fingerprint density at radius 1 is 1.42 bits per heavy atom. The summed E-state index contributed by atoms with van der Waals surface area (Å²) in [7, 11) is 1.99. The third-order valence-electron chi connectivity index (χ3n) is 2.69. The van der Waals surface area contributed by atoms with Gasteiger partial charge in [0.15, 0.2) is 5.78 Å². The van der Waals surface area contributed by atoms with E-state index < -0.39 is 0 Å². The average Bonchev–Trinajstić information content (AvgIpc) is 2.96. The maximum Gasteiger partial charge on any atom is 0.178 e. The molecule has 0 aliphatic heterocycles. The van der Waals surface area contributed by atoms with Crippen LogP contribution in [-0.2, 0) is 6.42 Å². The van der Waals surface area contributed by atoms with E-state index in [1.54, 1.807) is 11.3 Å². The highest BCUT2D eigenvalue weighted by Gasteiger charge is 2.15. The minimum absolute atomic E-state index is 0.155. The molecule has 0 saturated carbocycles. The van der Waals surface area contributed by atoms with Crippen LogP contribution in [0.5, 0.6) is 0 Å². The summed E-state index contributed by atoms with van der Waals surface area (Å²) in [5, 5.41) is 2.08. The van der Waals surface area contributed by atoms with E-state index in [-0.39, 0.29) is 5.78 Å². The number of likely N-dealkylation sites (N-methyl/N-ethyl adjacent to an activating group) is 1. The molecule has 0 atom stereocenters. The molecule has 19 heavy (non-hydrogen) atoms. The second kappa shape index (κ2) is 7.13. The summed E-state index contributed by atoms with van der Waals surface area (Å²) in [6.07, 6.45) is 0.996. The van der Waals surface area contributed by atoms with Crippen molar-refractivity contribution in [3.05, 3.63) is 41.6 Å². The molecule has 2 heterocycles. The Bertz CT molecular complexity index is 551. The van der Waals surface area contributed by atoms with Crippen molar-refractivity contribution in [3.63, 3.8) is 0 Å². The standard InChI is InChI=1S/C13H13Br2NOS2/c1-16(5-4-9-3-2-6-18-9)8-11(17)10-7-12(14)19-13(10)15/h2-3,6-7H,4-5,8H2,1H3. The first-order valence-electron chi connectivity index (χ1n) is 5.75. The van der Waals surface area contributed by atoms with Crippen LogP contribution in [0.25, 0.3) is 0 Å². The van der Waals surface area contributed by atoms with Gasteiger partial charge in [0.1, 0.15) is 0 Å². The number of thiophene rings is 2. The highest BCUT2D eigenvalue weighted by molar-refractivity contribution is 9.12. The molecule has 0 unspecified atom stereocenters.